The third-order valence-electron chi connectivity index (χ3n) is 1.99. The highest BCUT2D eigenvalue weighted by molar-refractivity contribution is 6.30. The van der Waals surface area contributed by atoms with Crippen LogP contribution in [0.25, 0.3) is 5.69 Å². The topological polar surface area (TPSA) is 47.8 Å². The number of nitrogens with zero attached hydrogens (tertiary/aromatic N) is 3. The molecule has 0 aliphatic rings. The highest BCUT2D eigenvalue weighted by Gasteiger charge is 2.09. The van der Waals surface area contributed by atoms with Crippen LogP contribution >= 0.6 is 11.6 Å². The summed E-state index contributed by atoms with van der Waals surface area (Å²) in [7, 11) is 0. The van der Waals surface area contributed by atoms with Crippen LogP contribution in [-0.2, 0) is 0 Å². The van der Waals surface area contributed by atoms with E-state index >= 15 is 0 Å². The van der Waals surface area contributed by atoms with Crippen molar-refractivity contribution in [1.29, 1.82) is 0 Å². The third kappa shape index (κ3) is 2.09. The van der Waals surface area contributed by atoms with Crippen molar-refractivity contribution < 1.29 is 9.18 Å². The van der Waals surface area contributed by atoms with Crippen molar-refractivity contribution in [2.45, 2.75) is 0 Å². The van der Waals surface area contributed by atoms with Gasteiger partial charge in [-0.1, -0.05) is 5.21 Å². The molecule has 1 heterocycles. The predicted molar refractivity (Wildman–Crippen MR) is 56.4 cm³/mol. The molecule has 0 saturated carbocycles. The van der Waals surface area contributed by atoms with E-state index in [9.17, 15) is 9.18 Å². The molecule has 16 heavy (non-hydrogen) atoms. The maximum atomic E-state index is 12.7. The van der Waals surface area contributed by atoms with Crippen LogP contribution in [0.4, 0.5) is 4.39 Å². The molecule has 4 nitrogen and oxygen atoms in total. The first-order valence-electron chi connectivity index (χ1n) is 4.48. The molecule has 0 aliphatic carbocycles. The van der Waals surface area contributed by atoms with E-state index in [-0.39, 0.29) is 23.2 Å². The Balaban J connectivity index is 2.31. The Hall–Kier alpha value is -1.75. The molecule has 0 N–H and O–H groups in total. The first-order valence-corrected chi connectivity index (χ1v) is 5.01. The normalized spacial score (nSPS) is 10.4. The number of alkyl halides is 1. The van der Waals surface area contributed by atoms with Gasteiger partial charge in [-0.25, -0.2) is 9.07 Å². The van der Waals surface area contributed by atoms with Crippen LogP contribution in [-0.4, -0.2) is 26.7 Å². The molecule has 0 amide bonds. The Kier molecular flexibility index (Phi) is 2.96. The summed E-state index contributed by atoms with van der Waals surface area (Å²) in [4.78, 5) is 11.2. The summed E-state index contributed by atoms with van der Waals surface area (Å²) in [6, 6.07) is 5.69. The van der Waals surface area contributed by atoms with Crippen molar-refractivity contribution in [2.75, 3.05) is 5.88 Å². The second kappa shape index (κ2) is 4.40. The van der Waals surface area contributed by atoms with Crippen molar-refractivity contribution in [3.05, 3.63) is 42.0 Å². The number of Topliss-reactive ketones (excluding diaryl/α,β-unsaturated/α-hetero) is 1. The maximum Gasteiger partial charge on any atom is 0.199 e. The van der Waals surface area contributed by atoms with Crippen LogP contribution in [0.3, 0.4) is 0 Å². The van der Waals surface area contributed by atoms with Gasteiger partial charge in [0.1, 0.15) is 11.5 Å². The number of hydrogen-bond acceptors (Lipinski definition) is 3. The molecule has 0 saturated heterocycles. The standard InChI is InChI=1S/C10H7ClFN3O/c11-5-10(16)9-6-15(14-13-9)8-3-1-7(12)2-4-8/h1-4,6H,5H2. The number of halogens is 2. The molecule has 0 aliphatic heterocycles. The average Bonchev–Trinajstić information content (AvgIpc) is 2.78. The minimum absolute atomic E-state index is 0.137. The Morgan fingerprint density at radius 2 is 2.06 bits per heavy atom. The summed E-state index contributed by atoms with van der Waals surface area (Å²) in [5.41, 5.74) is 0.821. The lowest BCUT2D eigenvalue weighted by Crippen LogP contribution is -2.00. The van der Waals surface area contributed by atoms with E-state index in [1.807, 2.05) is 0 Å². The third-order valence-corrected chi connectivity index (χ3v) is 2.23. The molecule has 82 valence electrons. The number of carbonyl (C=O) groups is 1. The van der Waals surface area contributed by atoms with E-state index in [1.165, 1.54) is 23.0 Å². The summed E-state index contributed by atoms with van der Waals surface area (Å²) in [6.07, 6.45) is 1.46. The minimum atomic E-state index is -0.332. The molecule has 0 radical (unpaired) electrons. The van der Waals surface area contributed by atoms with Crippen molar-refractivity contribution in [3.8, 4) is 5.69 Å². The molecular weight excluding hydrogens is 233 g/mol. The van der Waals surface area contributed by atoms with Gasteiger partial charge in [-0.05, 0) is 24.3 Å². The SMILES string of the molecule is O=C(CCl)c1cn(-c2ccc(F)cc2)nn1. The summed E-state index contributed by atoms with van der Waals surface area (Å²) in [5.74, 6) is -0.766. The van der Waals surface area contributed by atoms with Gasteiger partial charge in [0.2, 0.25) is 0 Å². The Bertz CT molecular complexity index is 509. The molecule has 2 rings (SSSR count). The number of ketones is 1. The van der Waals surface area contributed by atoms with Crippen molar-refractivity contribution in [2.24, 2.45) is 0 Å². The first-order chi connectivity index (χ1) is 7.70. The Morgan fingerprint density at radius 1 is 1.38 bits per heavy atom. The zero-order valence-electron chi connectivity index (χ0n) is 8.10. The molecule has 0 bridgehead atoms. The summed E-state index contributed by atoms with van der Waals surface area (Å²) in [6.45, 7) is 0. The molecule has 1 aromatic heterocycles. The number of carbonyl (C=O) groups excluding carboxylic acids is 1. The fourth-order valence-corrected chi connectivity index (χ4v) is 1.32. The van der Waals surface area contributed by atoms with Crippen molar-refractivity contribution in [1.82, 2.24) is 15.0 Å². The second-order valence-electron chi connectivity index (χ2n) is 3.08. The van der Waals surface area contributed by atoms with Crippen LogP contribution in [0.1, 0.15) is 10.5 Å². The van der Waals surface area contributed by atoms with Gasteiger partial charge in [-0.3, -0.25) is 4.79 Å². The second-order valence-corrected chi connectivity index (χ2v) is 3.35. The molecule has 1 aromatic carbocycles. The largest absolute Gasteiger partial charge is 0.291 e. The molecule has 0 atom stereocenters. The monoisotopic (exact) mass is 239 g/mol. The summed E-state index contributed by atoms with van der Waals surface area (Å²) >= 11 is 5.39. The molecule has 2 aromatic rings. The van der Waals surface area contributed by atoms with Gasteiger partial charge in [0, 0.05) is 0 Å². The molecule has 6 heteroatoms. The minimum Gasteiger partial charge on any atom is -0.291 e. The summed E-state index contributed by atoms with van der Waals surface area (Å²) in [5, 5.41) is 7.42. The van der Waals surface area contributed by atoms with E-state index in [2.05, 4.69) is 10.3 Å². The van der Waals surface area contributed by atoms with Gasteiger partial charge < -0.3 is 0 Å². The number of rotatable bonds is 3. The molecule has 0 unspecified atom stereocenters. The highest BCUT2D eigenvalue weighted by atomic mass is 35.5. The summed E-state index contributed by atoms with van der Waals surface area (Å²) < 4.78 is 14.1. The Morgan fingerprint density at radius 3 is 2.69 bits per heavy atom. The molecular formula is C10H7ClFN3O. The fourth-order valence-electron chi connectivity index (χ4n) is 1.18. The van der Waals surface area contributed by atoms with Gasteiger partial charge in [0.05, 0.1) is 17.8 Å². The van der Waals surface area contributed by atoms with Crippen molar-refractivity contribution in [3.63, 3.8) is 0 Å². The number of hydrogen-bond donors (Lipinski definition) is 0. The van der Waals surface area contributed by atoms with E-state index in [0.29, 0.717) is 5.69 Å². The van der Waals surface area contributed by atoms with Crippen LogP contribution in [0.15, 0.2) is 30.5 Å². The predicted octanol–water partition coefficient (Wildman–Crippen LogP) is 1.83. The van der Waals surface area contributed by atoms with E-state index < -0.39 is 0 Å². The van der Waals surface area contributed by atoms with Gasteiger partial charge in [-0.15, -0.1) is 16.7 Å². The molecule has 0 spiro atoms. The lowest BCUT2D eigenvalue weighted by atomic mass is 10.3. The number of benzene rings is 1. The number of aromatic nitrogens is 3. The average molecular weight is 240 g/mol. The quantitative estimate of drug-likeness (QED) is 0.606. The first kappa shape index (κ1) is 10.8. The van der Waals surface area contributed by atoms with Gasteiger partial charge in [-0.2, -0.15) is 0 Å². The van der Waals surface area contributed by atoms with Crippen LogP contribution in [0.5, 0.6) is 0 Å². The van der Waals surface area contributed by atoms with Crippen LogP contribution in [0, 0.1) is 5.82 Å². The lowest BCUT2D eigenvalue weighted by Gasteiger charge is -1.97. The zero-order chi connectivity index (χ0) is 11.5. The molecule has 0 fully saturated rings. The van der Waals surface area contributed by atoms with Gasteiger partial charge in [0.25, 0.3) is 0 Å². The Labute approximate surface area is 95.6 Å². The fraction of sp³-hybridized carbons (Fsp3) is 0.100. The smallest absolute Gasteiger partial charge is 0.199 e. The van der Waals surface area contributed by atoms with E-state index in [1.54, 1.807) is 12.1 Å². The van der Waals surface area contributed by atoms with E-state index in [4.69, 9.17) is 11.6 Å². The van der Waals surface area contributed by atoms with Gasteiger partial charge in [0.15, 0.2) is 5.78 Å². The van der Waals surface area contributed by atoms with Gasteiger partial charge >= 0.3 is 0 Å². The highest BCUT2D eigenvalue weighted by Crippen LogP contribution is 2.08. The van der Waals surface area contributed by atoms with Crippen LogP contribution in [0.2, 0.25) is 0 Å². The maximum absolute atomic E-state index is 12.7. The zero-order valence-corrected chi connectivity index (χ0v) is 8.86. The lowest BCUT2D eigenvalue weighted by molar-refractivity contribution is 0.101. The van der Waals surface area contributed by atoms with Crippen LogP contribution < -0.4 is 0 Å². The van der Waals surface area contributed by atoms with E-state index in [0.717, 1.165) is 0 Å². The van der Waals surface area contributed by atoms with Crippen molar-refractivity contribution >= 4 is 17.4 Å².